The fourth-order valence-corrected chi connectivity index (χ4v) is 2.89. The molecule has 0 aromatic heterocycles. The second-order valence-electron chi connectivity index (χ2n) is 6.85. The first-order chi connectivity index (χ1) is 10.3. The number of piperazine rings is 1. The Bertz CT molecular complexity index is 384. The summed E-state index contributed by atoms with van der Waals surface area (Å²) in [4.78, 5) is 22.5. The standard InChI is InChI=1S/C17H30N3O2/c1-5-16(21)8-7-10-19(3)12-14-20(4,15-13-19)11-9-18-17(22)6-2/h5-6H,1-2,7-15H2,3-4H3/q+1/p+1. The van der Waals surface area contributed by atoms with E-state index in [1.165, 1.54) is 12.2 Å². The Labute approximate surface area is 134 Å². The topological polar surface area (TPSA) is 46.2 Å². The Morgan fingerprint density at radius 1 is 1.00 bits per heavy atom. The SMILES string of the molecule is C=CC(=O)CCC[N+]1(C)CC[N+](C)(CCNC(=O)C=C)CC1. The van der Waals surface area contributed by atoms with Gasteiger partial charge in [0.2, 0.25) is 5.91 Å². The molecule has 0 aromatic carbocycles. The van der Waals surface area contributed by atoms with Crippen LogP contribution >= 0.6 is 0 Å². The molecule has 1 heterocycles. The van der Waals surface area contributed by atoms with E-state index in [-0.39, 0.29) is 11.7 Å². The number of carbonyl (C=O) groups excluding carboxylic acids is 2. The van der Waals surface area contributed by atoms with Crippen LogP contribution in [0.4, 0.5) is 0 Å². The molecule has 5 nitrogen and oxygen atoms in total. The fourth-order valence-electron chi connectivity index (χ4n) is 2.89. The number of hydrogen-bond acceptors (Lipinski definition) is 2. The number of rotatable bonds is 9. The molecule has 5 heteroatoms. The summed E-state index contributed by atoms with van der Waals surface area (Å²) >= 11 is 0. The maximum atomic E-state index is 11.3. The smallest absolute Gasteiger partial charge is 0.243 e. The van der Waals surface area contributed by atoms with Crippen molar-refractivity contribution in [1.29, 1.82) is 0 Å². The van der Waals surface area contributed by atoms with Crippen molar-refractivity contribution in [2.24, 2.45) is 0 Å². The van der Waals surface area contributed by atoms with Gasteiger partial charge < -0.3 is 14.3 Å². The highest BCUT2D eigenvalue weighted by atomic mass is 16.1. The minimum Gasteiger partial charge on any atom is -0.347 e. The van der Waals surface area contributed by atoms with Crippen molar-refractivity contribution in [3.63, 3.8) is 0 Å². The summed E-state index contributed by atoms with van der Waals surface area (Å²) in [5, 5.41) is 2.85. The van der Waals surface area contributed by atoms with Crippen LogP contribution in [0.1, 0.15) is 12.8 Å². The van der Waals surface area contributed by atoms with Gasteiger partial charge >= 0.3 is 0 Å². The van der Waals surface area contributed by atoms with Gasteiger partial charge in [-0.2, -0.15) is 0 Å². The van der Waals surface area contributed by atoms with Gasteiger partial charge in [0.25, 0.3) is 0 Å². The Kier molecular flexibility index (Phi) is 6.97. The molecule has 22 heavy (non-hydrogen) atoms. The Morgan fingerprint density at radius 3 is 2.05 bits per heavy atom. The van der Waals surface area contributed by atoms with Gasteiger partial charge in [-0.3, -0.25) is 9.59 Å². The van der Waals surface area contributed by atoms with Crippen LogP contribution in [0.2, 0.25) is 0 Å². The minimum absolute atomic E-state index is 0.101. The maximum absolute atomic E-state index is 11.3. The summed E-state index contributed by atoms with van der Waals surface area (Å²) in [6, 6.07) is 0. The highest BCUT2D eigenvalue weighted by molar-refractivity contribution is 5.88. The fraction of sp³-hybridized carbons (Fsp3) is 0.647. The second-order valence-corrected chi connectivity index (χ2v) is 6.85. The zero-order chi connectivity index (χ0) is 16.6. The lowest BCUT2D eigenvalue weighted by Crippen LogP contribution is -2.65. The van der Waals surface area contributed by atoms with Crippen molar-refractivity contribution in [3.05, 3.63) is 25.3 Å². The van der Waals surface area contributed by atoms with E-state index in [9.17, 15) is 9.59 Å². The quantitative estimate of drug-likeness (QED) is 0.504. The van der Waals surface area contributed by atoms with Crippen molar-refractivity contribution in [3.8, 4) is 0 Å². The van der Waals surface area contributed by atoms with Crippen LogP contribution in [0.5, 0.6) is 0 Å². The van der Waals surface area contributed by atoms with Crippen molar-refractivity contribution >= 4 is 11.7 Å². The Hall–Kier alpha value is -1.46. The minimum atomic E-state index is -0.101. The molecule has 0 bridgehead atoms. The van der Waals surface area contributed by atoms with E-state index in [1.807, 2.05) is 0 Å². The molecule has 1 amide bonds. The molecule has 0 atom stereocenters. The first kappa shape index (κ1) is 18.6. The van der Waals surface area contributed by atoms with Crippen molar-refractivity contribution in [1.82, 2.24) is 5.32 Å². The number of amides is 1. The van der Waals surface area contributed by atoms with Gasteiger partial charge in [0, 0.05) is 12.8 Å². The normalized spacial score (nSPS) is 27.9. The number of nitrogens with one attached hydrogen (secondary N) is 1. The molecule has 0 unspecified atom stereocenters. The van der Waals surface area contributed by atoms with Gasteiger partial charge in [0.05, 0.1) is 33.7 Å². The van der Waals surface area contributed by atoms with Crippen molar-refractivity contribution in [2.45, 2.75) is 12.8 Å². The summed E-state index contributed by atoms with van der Waals surface area (Å²) in [7, 11) is 4.53. The second kappa shape index (κ2) is 8.25. The van der Waals surface area contributed by atoms with Gasteiger partial charge in [-0.25, -0.2) is 0 Å². The van der Waals surface area contributed by atoms with Crippen LogP contribution in [0.3, 0.4) is 0 Å². The molecule has 0 radical (unpaired) electrons. The molecule has 1 aliphatic heterocycles. The molecule has 1 saturated heterocycles. The number of quaternary nitrogens is 2. The number of ketones is 1. The Balaban J connectivity index is 2.33. The van der Waals surface area contributed by atoms with Gasteiger partial charge in [-0.1, -0.05) is 13.2 Å². The van der Waals surface area contributed by atoms with Gasteiger partial charge in [-0.15, -0.1) is 0 Å². The molecule has 0 aliphatic carbocycles. The van der Waals surface area contributed by atoms with E-state index in [0.717, 1.165) is 54.7 Å². The summed E-state index contributed by atoms with van der Waals surface area (Å²) in [5.74, 6) is 0.0401. The van der Waals surface area contributed by atoms with Crippen molar-refractivity contribution in [2.75, 3.05) is 59.9 Å². The number of likely N-dealkylation sites (N-methyl/N-ethyl adjacent to an activating group) is 2. The van der Waals surface area contributed by atoms with Crippen molar-refractivity contribution < 1.29 is 18.6 Å². The lowest BCUT2D eigenvalue weighted by atomic mass is 10.1. The molecule has 1 N–H and O–H groups in total. The van der Waals surface area contributed by atoms with Crippen LogP contribution in [0.25, 0.3) is 0 Å². The predicted octanol–water partition coefficient (Wildman–Crippen LogP) is 0.731. The third kappa shape index (κ3) is 6.12. The maximum Gasteiger partial charge on any atom is 0.243 e. The van der Waals surface area contributed by atoms with Crippen LogP contribution in [0.15, 0.2) is 25.3 Å². The van der Waals surface area contributed by atoms with Gasteiger partial charge in [-0.05, 0) is 12.2 Å². The van der Waals surface area contributed by atoms with E-state index < -0.39 is 0 Å². The number of hydrogen-bond donors (Lipinski definition) is 1. The summed E-state index contributed by atoms with van der Waals surface area (Å²) in [5.41, 5.74) is 0. The first-order valence-electron chi connectivity index (χ1n) is 8.05. The average molecular weight is 309 g/mol. The molecule has 0 saturated carbocycles. The third-order valence-electron chi connectivity index (χ3n) is 4.84. The monoisotopic (exact) mass is 309 g/mol. The van der Waals surface area contributed by atoms with E-state index >= 15 is 0 Å². The summed E-state index contributed by atoms with van der Waals surface area (Å²) < 4.78 is 2.04. The molecule has 0 aromatic rings. The lowest BCUT2D eigenvalue weighted by molar-refractivity contribution is -1.01. The molecule has 1 rings (SSSR count). The van der Waals surface area contributed by atoms with E-state index in [0.29, 0.717) is 13.0 Å². The molecular formula is C17H31N3O2+2. The van der Waals surface area contributed by atoms with E-state index in [2.05, 4.69) is 32.6 Å². The van der Waals surface area contributed by atoms with Crippen LogP contribution in [0, 0.1) is 0 Å². The molecule has 0 spiro atoms. The lowest BCUT2D eigenvalue weighted by Gasteiger charge is -2.46. The molecule has 1 aliphatic rings. The number of carbonyl (C=O) groups is 2. The Morgan fingerprint density at radius 2 is 1.55 bits per heavy atom. The number of allylic oxidation sites excluding steroid dienone is 1. The molecular weight excluding hydrogens is 278 g/mol. The van der Waals surface area contributed by atoms with Gasteiger partial charge in [0.15, 0.2) is 5.78 Å². The van der Waals surface area contributed by atoms with E-state index in [1.54, 1.807) is 0 Å². The first-order valence-corrected chi connectivity index (χ1v) is 8.05. The highest BCUT2D eigenvalue weighted by Crippen LogP contribution is 2.16. The summed E-state index contributed by atoms with van der Waals surface area (Å²) in [6.07, 6.45) is 4.27. The van der Waals surface area contributed by atoms with Crippen LogP contribution < -0.4 is 5.32 Å². The number of nitrogens with zero attached hydrogens (tertiary/aromatic N) is 2. The largest absolute Gasteiger partial charge is 0.347 e. The molecule has 1 fully saturated rings. The zero-order valence-electron chi connectivity index (χ0n) is 14.1. The zero-order valence-corrected chi connectivity index (χ0v) is 14.1. The predicted molar refractivity (Wildman–Crippen MR) is 89.2 cm³/mol. The average Bonchev–Trinajstić information content (AvgIpc) is 2.50. The highest BCUT2D eigenvalue weighted by Gasteiger charge is 2.36. The van der Waals surface area contributed by atoms with Gasteiger partial charge in [0.1, 0.15) is 26.2 Å². The summed E-state index contributed by atoms with van der Waals surface area (Å²) in [6.45, 7) is 14.1. The molecule has 124 valence electrons. The third-order valence-corrected chi connectivity index (χ3v) is 4.84. The van der Waals surface area contributed by atoms with E-state index in [4.69, 9.17) is 0 Å². The van der Waals surface area contributed by atoms with Crippen LogP contribution in [-0.4, -0.2) is 80.6 Å². The van der Waals surface area contributed by atoms with Crippen LogP contribution in [-0.2, 0) is 9.59 Å².